The minimum atomic E-state index is -3.24. The summed E-state index contributed by atoms with van der Waals surface area (Å²) in [6.45, 7) is 14.5. The molecule has 0 heterocycles. The quantitative estimate of drug-likeness (QED) is 0.721. The van der Waals surface area contributed by atoms with Crippen LogP contribution in [-0.2, 0) is 9.29 Å². The smallest absolute Gasteiger partial charge is 0.209 e. The molecule has 1 aromatic carbocycles. The molecule has 0 aliphatic carbocycles. The molecule has 2 nitrogen and oxygen atoms in total. The summed E-state index contributed by atoms with van der Waals surface area (Å²) in [5.41, 5.74) is 1.70. The van der Waals surface area contributed by atoms with E-state index in [1.807, 2.05) is 19.1 Å². The summed E-state index contributed by atoms with van der Waals surface area (Å²) in [6.07, 6.45) is 0. The first-order valence-corrected chi connectivity index (χ1v) is 11.8. The van der Waals surface area contributed by atoms with Crippen LogP contribution in [0.3, 0.4) is 0 Å². The Morgan fingerprint density at radius 3 is 1.45 bits per heavy atom. The molecule has 0 fully saturated rings. The van der Waals surface area contributed by atoms with E-state index in [0.717, 1.165) is 5.56 Å². The molecule has 0 amide bonds. The van der Waals surface area contributed by atoms with E-state index in [-0.39, 0.29) is 16.6 Å². The number of rotatable bonds is 5. The van der Waals surface area contributed by atoms with Crippen molar-refractivity contribution in [1.29, 1.82) is 0 Å². The fraction of sp³-hybridized carbons (Fsp3) is 0.625. The third kappa shape index (κ3) is 2.60. The minimum Gasteiger partial charge on any atom is -0.231 e. The van der Waals surface area contributed by atoms with Crippen LogP contribution in [0.25, 0.3) is 0 Å². The lowest BCUT2D eigenvalue weighted by molar-refractivity contribution is 0.602. The monoisotopic (exact) mass is 312 g/mol. The standard InChI is InChI=1S/C16H28O2SSi/c1-12(2)20(13(3)4,14(5)6)19(17,18)16-10-8-15(7)9-11-16/h8-14H,1-7H3. The Morgan fingerprint density at radius 1 is 0.800 bits per heavy atom. The van der Waals surface area contributed by atoms with Gasteiger partial charge in [0.05, 0.1) is 4.90 Å². The van der Waals surface area contributed by atoms with Gasteiger partial charge in [0.1, 0.15) is 9.29 Å². The Hall–Kier alpha value is -0.613. The van der Waals surface area contributed by atoms with Crippen molar-refractivity contribution in [2.75, 3.05) is 0 Å². The second-order valence-electron chi connectivity index (χ2n) is 6.63. The van der Waals surface area contributed by atoms with E-state index >= 15 is 0 Å². The van der Waals surface area contributed by atoms with Crippen LogP contribution < -0.4 is 0 Å². The van der Waals surface area contributed by atoms with E-state index in [2.05, 4.69) is 41.5 Å². The molecule has 0 saturated heterocycles. The van der Waals surface area contributed by atoms with Crippen LogP contribution in [0, 0.1) is 6.92 Å². The van der Waals surface area contributed by atoms with Crippen molar-refractivity contribution in [3.8, 4) is 0 Å². The van der Waals surface area contributed by atoms with Gasteiger partial charge in [-0.2, -0.15) is 0 Å². The van der Waals surface area contributed by atoms with Crippen molar-refractivity contribution in [1.82, 2.24) is 0 Å². The number of benzene rings is 1. The van der Waals surface area contributed by atoms with Gasteiger partial charge < -0.3 is 0 Å². The molecular formula is C16H28O2SSi. The third-order valence-corrected chi connectivity index (χ3v) is 19.5. The lowest BCUT2D eigenvalue weighted by Gasteiger charge is -2.41. The maximum absolute atomic E-state index is 13.4. The molecule has 0 atom stereocenters. The van der Waals surface area contributed by atoms with Gasteiger partial charge in [-0.05, 0) is 35.7 Å². The van der Waals surface area contributed by atoms with E-state index in [1.165, 1.54) is 0 Å². The van der Waals surface area contributed by atoms with E-state index in [9.17, 15) is 8.42 Å². The zero-order chi connectivity index (χ0) is 15.7. The Kier molecular flexibility index (Phi) is 5.25. The van der Waals surface area contributed by atoms with Gasteiger partial charge in [0.25, 0.3) is 0 Å². The highest BCUT2D eigenvalue weighted by Gasteiger charge is 2.55. The Bertz CT molecular complexity index is 521. The molecule has 0 spiro atoms. The normalized spacial score (nSPS) is 13.5. The van der Waals surface area contributed by atoms with Crippen molar-refractivity contribution >= 4 is 16.5 Å². The molecular weight excluding hydrogens is 284 g/mol. The van der Waals surface area contributed by atoms with Gasteiger partial charge in [-0.1, -0.05) is 59.2 Å². The van der Waals surface area contributed by atoms with Gasteiger partial charge in [0, 0.05) is 0 Å². The van der Waals surface area contributed by atoms with Gasteiger partial charge in [-0.3, -0.25) is 0 Å². The predicted octanol–water partition coefficient (Wildman–Crippen LogP) is 4.94. The Balaban J connectivity index is 3.58. The van der Waals surface area contributed by atoms with E-state index < -0.39 is 16.5 Å². The second kappa shape index (κ2) is 6.02. The summed E-state index contributed by atoms with van der Waals surface area (Å²) in [7, 11) is -5.78. The first-order chi connectivity index (χ1) is 9.08. The minimum absolute atomic E-state index is 0.203. The van der Waals surface area contributed by atoms with E-state index in [1.54, 1.807) is 12.1 Å². The van der Waals surface area contributed by atoms with Crippen LogP contribution in [0.1, 0.15) is 47.1 Å². The van der Waals surface area contributed by atoms with Gasteiger partial charge >= 0.3 is 0 Å². The van der Waals surface area contributed by atoms with Crippen molar-refractivity contribution in [2.24, 2.45) is 0 Å². The molecule has 1 aromatic rings. The molecule has 0 unspecified atom stereocenters. The predicted molar refractivity (Wildman–Crippen MR) is 89.4 cm³/mol. The summed E-state index contributed by atoms with van der Waals surface area (Å²) in [5.74, 6) is 0. The summed E-state index contributed by atoms with van der Waals surface area (Å²) in [6, 6.07) is 7.35. The molecule has 0 aromatic heterocycles. The van der Waals surface area contributed by atoms with E-state index in [0.29, 0.717) is 4.90 Å². The zero-order valence-electron chi connectivity index (χ0n) is 13.8. The van der Waals surface area contributed by atoms with Gasteiger partial charge in [-0.15, -0.1) is 0 Å². The number of hydrogen-bond acceptors (Lipinski definition) is 2. The molecule has 0 radical (unpaired) electrons. The summed E-state index contributed by atoms with van der Waals surface area (Å²) in [4.78, 5) is 0.505. The van der Waals surface area contributed by atoms with Crippen LogP contribution in [0.4, 0.5) is 0 Å². The molecule has 20 heavy (non-hydrogen) atoms. The maximum Gasteiger partial charge on any atom is 0.209 e. The van der Waals surface area contributed by atoms with Crippen LogP contribution in [0.5, 0.6) is 0 Å². The molecule has 0 aliphatic rings. The average Bonchev–Trinajstić information content (AvgIpc) is 2.27. The summed E-state index contributed by atoms with van der Waals surface area (Å²) in [5, 5.41) is 0. The van der Waals surface area contributed by atoms with Crippen LogP contribution in [0.15, 0.2) is 29.2 Å². The molecule has 0 saturated carbocycles. The van der Waals surface area contributed by atoms with Gasteiger partial charge in [0.15, 0.2) is 0 Å². The molecule has 114 valence electrons. The van der Waals surface area contributed by atoms with Crippen LogP contribution >= 0.6 is 0 Å². The highest BCUT2D eigenvalue weighted by atomic mass is 32.4. The van der Waals surface area contributed by atoms with Gasteiger partial charge in [0.2, 0.25) is 7.22 Å². The largest absolute Gasteiger partial charge is 0.231 e. The van der Waals surface area contributed by atoms with Crippen molar-refractivity contribution in [2.45, 2.75) is 70.0 Å². The highest BCUT2D eigenvalue weighted by molar-refractivity contribution is 8.22. The average molecular weight is 313 g/mol. The third-order valence-electron chi connectivity index (χ3n) is 4.50. The van der Waals surface area contributed by atoms with Crippen LogP contribution in [-0.4, -0.2) is 15.6 Å². The molecule has 1 rings (SSSR count). The number of aryl methyl sites for hydroxylation is 1. The maximum atomic E-state index is 13.4. The molecule has 0 aliphatic heterocycles. The molecule has 0 bridgehead atoms. The fourth-order valence-corrected chi connectivity index (χ4v) is 17.8. The Morgan fingerprint density at radius 2 is 1.15 bits per heavy atom. The Labute approximate surface area is 125 Å². The number of hydrogen-bond donors (Lipinski definition) is 0. The summed E-state index contributed by atoms with van der Waals surface area (Å²) >= 11 is 0. The molecule has 0 N–H and O–H groups in total. The highest BCUT2D eigenvalue weighted by Crippen LogP contribution is 2.47. The first-order valence-electron chi connectivity index (χ1n) is 7.39. The van der Waals surface area contributed by atoms with Crippen molar-refractivity contribution < 1.29 is 8.42 Å². The first kappa shape index (κ1) is 17.4. The van der Waals surface area contributed by atoms with E-state index in [4.69, 9.17) is 0 Å². The van der Waals surface area contributed by atoms with Gasteiger partial charge in [-0.25, -0.2) is 8.42 Å². The molecule has 4 heteroatoms. The zero-order valence-corrected chi connectivity index (χ0v) is 15.6. The van der Waals surface area contributed by atoms with Crippen molar-refractivity contribution in [3.63, 3.8) is 0 Å². The second-order valence-corrected chi connectivity index (χ2v) is 17.0. The fourth-order valence-electron chi connectivity index (χ4n) is 3.85. The van der Waals surface area contributed by atoms with Crippen molar-refractivity contribution in [3.05, 3.63) is 29.8 Å². The topological polar surface area (TPSA) is 34.1 Å². The lowest BCUT2D eigenvalue weighted by Crippen LogP contribution is -2.52. The SMILES string of the molecule is Cc1ccc(S(=O)(=O)[Si](C(C)C)(C(C)C)C(C)C)cc1. The summed E-state index contributed by atoms with van der Waals surface area (Å²) < 4.78 is 26.7. The van der Waals surface area contributed by atoms with Crippen LogP contribution in [0.2, 0.25) is 16.6 Å². The lowest BCUT2D eigenvalue weighted by atomic mass is 10.2.